The highest BCUT2D eigenvalue weighted by molar-refractivity contribution is 6.30. The zero-order valence-corrected chi connectivity index (χ0v) is 11.6. The zero-order valence-electron chi connectivity index (χ0n) is 10.9. The summed E-state index contributed by atoms with van der Waals surface area (Å²) < 4.78 is 19.1. The normalized spacial score (nSPS) is 10.4. The molecule has 0 atom stereocenters. The number of hydrogen-bond donors (Lipinski definition) is 1. The topological polar surface area (TPSA) is 78.4 Å². The first kappa shape index (κ1) is 15.2. The summed E-state index contributed by atoms with van der Waals surface area (Å²) in [6, 6.07) is 8.90. The second-order valence-corrected chi connectivity index (χ2v) is 4.67. The highest BCUT2D eigenvalue weighted by atomic mass is 35.5. The molecular weight excluding hydrogens is 299 g/mol. The largest absolute Gasteiger partial charge is 0.482 e. The first-order valence-corrected chi connectivity index (χ1v) is 6.43. The molecule has 5 nitrogen and oxygen atoms in total. The Labute approximate surface area is 125 Å². The van der Waals surface area contributed by atoms with E-state index in [2.05, 4.69) is 0 Å². The van der Waals surface area contributed by atoms with Gasteiger partial charge in [0, 0.05) is 18.2 Å². The standard InChI is InChI=1S/C14H12ClFN2O3/c15-11-3-1-2-10(14(11)16)8-21-13-5-4-9(7-17)6-12(13)18(19)20/h1-6H,7-8,17H2. The highest BCUT2D eigenvalue weighted by Crippen LogP contribution is 2.29. The summed E-state index contributed by atoms with van der Waals surface area (Å²) in [5, 5.41) is 11.0. The van der Waals surface area contributed by atoms with Gasteiger partial charge in [-0.1, -0.05) is 29.8 Å². The quantitative estimate of drug-likeness (QED) is 0.678. The van der Waals surface area contributed by atoms with Gasteiger partial charge in [-0.3, -0.25) is 10.1 Å². The van der Waals surface area contributed by atoms with Crippen LogP contribution >= 0.6 is 11.6 Å². The van der Waals surface area contributed by atoms with Gasteiger partial charge in [-0.05, 0) is 17.7 Å². The molecule has 21 heavy (non-hydrogen) atoms. The Morgan fingerprint density at radius 1 is 1.33 bits per heavy atom. The maximum Gasteiger partial charge on any atom is 0.311 e. The Bertz CT molecular complexity index is 679. The number of nitro benzene ring substituents is 1. The van der Waals surface area contributed by atoms with Crippen molar-refractivity contribution in [3.63, 3.8) is 0 Å². The van der Waals surface area contributed by atoms with Gasteiger partial charge in [0.15, 0.2) is 5.75 Å². The van der Waals surface area contributed by atoms with Gasteiger partial charge in [-0.15, -0.1) is 0 Å². The third-order valence-corrected chi connectivity index (χ3v) is 3.16. The van der Waals surface area contributed by atoms with E-state index in [1.807, 2.05) is 0 Å². The fraction of sp³-hybridized carbons (Fsp3) is 0.143. The van der Waals surface area contributed by atoms with E-state index in [-0.39, 0.29) is 35.2 Å². The number of hydrogen-bond acceptors (Lipinski definition) is 4. The zero-order chi connectivity index (χ0) is 15.4. The lowest BCUT2D eigenvalue weighted by Crippen LogP contribution is -2.03. The molecule has 0 saturated heterocycles. The van der Waals surface area contributed by atoms with Crippen molar-refractivity contribution < 1.29 is 14.1 Å². The molecule has 7 heteroatoms. The molecule has 2 aromatic rings. The van der Waals surface area contributed by atoms with Crippen LogP contribution in [0.2, 0.25) is 5.02 Å². The molecule has 0 radical (unpaired) electrons. The van der Waals surface area contributed by atoms with Gasteiger partial charge in [0.05, 0.1) is 9.95 Å². The lowest BCUT2D eigenvalue weighted by Gasteiger charge is -2.09. The van der Waals surface area contributed by atoms with Crippen molar-refractivity contribution >= 4 is 17.3 Å². The lowest BCUT2D eigenvalue weighted by atomic mass is 10.2. The number of benzene rings is 2. The molecular formula is C14H12ClFN2O3. The van der Waals surface area contributed by atoms with Crippen LogP contribution in [0.1, 0.15) is 11.1 Å². The van der Waals surface area contributed by atoms with Crippen LogP contribution in [0.5, 0.6) is 5.75 Å². The number of nitrogens with zero attached hydrogens (tertiary/aromatic N) is 1. The van der Waals surface area contributed by atoms with E-state index in [4.69, 9.17) is 22.1 Å². The number of halogens is 2. The van der Waals surface area contributed by atoms with Crippen molar-refractivity contribution in [3.8, 4) is 5.75 Å². The minimum Gasteiger partial charge on any atom is -0.482 e. The smallest absolute Gasteiger partial charge is 0.311 e. The van der Waals surface area contributed by atoms with Crippen LogP contribution in [-0.2, 0) is 13.2 Å². The number of nitro groups is 1. The minimum atomic E-state index is -0.597. The Kier molecular flexibility index (Phi) is 4.72. The second kappa shape index (κ2) is 6.51. The average Bonchev–Trinajstić information content (AvgIpc) is 2.48. The SMILES string of the molecule is NCc1ccc(OCc2cccc(Cl)c2F)c([N+](=O)[O-])c1. The Morgan fingerprint density at radius 3 is 2.76 bits per heavy atom. The van der Waals surface area contributed by atoms with E-state index >= 15 is 0 Å². The number of ether oxygens (including phenoxy) is 1. The van der Waals surface area contributed by atoms with Crippen molar-refractivity contribution in [2.45, 2.75) is 13.2 Å². The summed E-state index contributed by atoms with van der Waals surface area (Å²) in [5.41, 5.74) is 6.07. The van der Waals surface area contributed by atoms with Crippen LogP contribution in [0.3, 0.4) is 0 Å². The van der Waals surface area contributed by atoms with Crippen LogP contribution in [0.4, 0.5) is 10.1 Å². The van der Waals surface area contributed by atoms with Crippen LogP contribution in [0, 0.1) is 15.9 Å². The van der Waals surface area contributed by atoms with E-state index in [0.29, 0.717) is 5.56 Å². The van der Waals surface area contributed by atoms with Crippen molar-refractivity contribution in [2.75, 3.05) is 0 Å². The van der Waals surface area contributed by atoms with E-state index < -0.39 is 10.7 Å². The molecule has 0 saturated carbocycles. The van der Waals surface area contributed by atoms with Gasteiger partial charge in [-0.25, -0.2) is 4.39 Å². The van der Waals surface area contributed by atoms with Gasteiger partial charge in [0.2, 0.25) is 0 Å². The van der Waals surface area contributed by atoms with E-state index in [9.17, 15) is 14.5 Å². The van der Waals surface area contributed by atoms with Gasteiger partial charge >= 0.3 is 5.69 Å². The van der Waals surface area contributed by atoms with Crippen LogP contribution in [0.15, 0.2) is 36.4 Å². The molecule has 0 spiro atoms. The van der Waals surface area contributed by atoms with Crippen molar-refractivity contribution in [1.29, 1.82) is 0 Å². The van der Waals surface area contributed by atoms with Crippen molar-refractivity contribution in [2.24, 2.45) is 5.73 Å². The molecule has 0 bridgehead atoms. The number of nitrogens with two attached hydrogens (primary N) is 1. The monoisotopic (exact) mass is 310 g/mol. The minimum absolute atomic E-state index is 0.0240. The van der Waals surface area contributed by atoms with Crippen molar-refractivity contribution in [1.82, 2.24) is 0 Å². The first-order valence-electron chi connectivity index (χ1n) is 6.06. The molecule has 0 aliphatic rings. The van der Waals surface area contributed by atoms with Gasteiger partial charge in [0.1, 0.15) is 12.4 Å². The predicted molar refractivity (Wildman–Crippen MR) is 76.7 cm³/mol. The Hall–Kier alpha value is -2.18. The van der Waals surface area contributed by atoms with Crippen LogP contribution < -0.4 is 10.5 Å². The summed E-state index contributed by atoms with van der Waals surface area (Å²) in [6.07, 6.45) is 0. The second-order valence-electron chi connectivity index (χ2n) is 4.26. The predicted octanol–water partition coefficient (Wildman–Crippen LogP) is 3.43. The number of rotatable bonds is 5. The molecule has 0 aromatic heterocycles. The summed E-state index contributed by atoms with van der Waals surface area (Å²) >= 11 is 5.66. The van der Waals surface area contributed by atoms with Gasteiger partial charge in [0.25, 0.3) is 0 Å². The lowest BCUT2D eigenvalue weighted by molar-refractivity contribution is -0.386. The molecule has 0 unspecified atom stereocenters. The van der Waals surface area contributed by atoms with E-state index in [1.54, 1.807) is 12.1 Å². The summed E-state index contributed by atoms with van der Waals surface area (Å²) in [6.45, 7) is 0.0270. The summed E-state index contributed by atoms with van der Waals surface area (Å²) in [4.78, 5) is 10.4. The molecule has 0 aliphatic carbocycles. The molecule has 0 heterocycles. The summed E-state index contributed by atoms with van der Waals surface area (Å²) in [7, 11) is 0. The van der Waals surface area contributed by atoms with Crippen LogP contribution in [-0.4, -0.2) is 4.92 Å². The molecule has 2 aromatic carbocycles. The maximum absolute atomic E-state index is 13.7. The van der Waals surface area contributed by atoms with Gasteiger partial charge in [-0.2, -0.15) is 0 Å². The molecule has 2 N–H and O–H groups in total. The van der Waals surface area contributed by atoms with E-state index in [0.717, 1.165) is 0 Å². The van der Waals surface area contributed by atoms with E-state index in [1.165, 1.54) is 24.3 Å². The summed E-state index contributed by atoms with van der Waals surface area (Å²) in [5.74, 6) is -0.544. The molecule has 110 valence electrons. The fourth-order valence-electron chi connectivity index (χ4n) is 1.77. The molecule has 0 fully saturated rings. The maximum atomic E-state index is 13.7. The fourth-order valence-corrected chi connectivity index (χ4v) is 1.96. The first-order chi connectivity index (χ1) is 10.0. The molecule has 0 aliphatic heterocycles. The molecule has 2 rings (SSSR count). The molecule has 0 amide bonds. The highest BCUT2D eigenvalue weighted by Gasteiger charge is 2.16. The Balaban J connectivity index is 2.23. The third-order valence-electron chi connectivity index (χ3n) is 2.87. The van der Waals surface area contributed by atoms with Crippen molar-refractivity contribution in [3.05, 3.63) is 68.5 Å². The third kappa shape index (κ3) is 3.48. The average molecular weight is 311 g/mol. The Morgan fingerprint density at radius 2 is 2.10 bits per heavy atom. The van der Waals surface area contributed by atoms with Gasteiger partial charge < -0.3 is 10.5 Å². The van der Waals surface area contributed by atoms with Crippen LogP contribution in [0.25, 0.3) is 0 Å².